The van der Waals surface area contributed by atoms with Crippen molar-refractivity contribution < 1.29 is 0 Å². The zero-order chi connectivity index (χ0) is 10.3. The first-order chi connectivity index (χ1) is 6.04. The monoisotopic (exact) mass is 218 g/mol. The molecule has 1 saturated heterocycles. The van der Waals surface area contributed by atoms with E-state index in [4.69, 9.17) is 11.6 Å². The van der Waals surface area contributed by atoms with Crippen LogP contribution in [0.3, 0.4) is 0 Å². The Morgan fingerprint density at radius 2 is 2.00 bits per heavy atom. The van der Waals surface area contributed by atoms with Crippen LogP contribution < -0.4 is 0 Å². The molecule has 1 atom stereocenters. The Labute approximate surface area is 89.4 Å². The van der Waals surface area contributed by atoms with Crippen molar-refractivity contribution in [1.82, 2.24) is 0 Å². The van der Waals surface area contributed by atoms with E-state index in [2.05, 4.69) is 26.6 Å². The smallest absolute Gasteiger partial charge is 0.0502 e. The van der Waals surface area contributed by atoms with Crippen molar-refractivity contribution in [2.24, 2.45) is 0 Å². The average molecular weight is 219 g/mol. The molecule has 0 radical (unpaired) electrons. The molecule has 0 spiro atoms. The Morgan fingerprint density at radius 3 is 2.23 bits per heavy atom. The predicted molar refractivity (Wildman–Crippen MR) is 66.5 cm³/mol. The minimum atomic E-state index is -0.694. The van der Waals surface area contributed by atoms with Crippen molar-refractivity contribution >= 4 is 19.7 Å². The van der Waals surface area contributed by atoms with Crippen LogP contribution in [0.2, 0.25) is 24.7 Å². The van der Waals surface area contributed by atoms with Gasteiger partial charge in [-0.25, -0.2) is 0 Å². The third-order valence-electron chi connectivity index (χ3n) is 3.15. The molecule has 1 aliphatic heterocycles. The van der Waals surface area contributed by atoms with Crippen molar-refractivity contribution in [2.75, 3.05) is 5.88 Å². The fourth-order valence-corrected chi connectivity index (χ4v) is 4.31. The second kappa shape index (κ2) is 6.66. The quantitative estimate of drug-likeness (QED) is 0.341. The Morgan fingerprint density at radius 1 is 1.46 bits per heavy atom. The zero-order valence-corrected chi connectivity index (χ0v) is 11.0. The van der Waals surface area contributed by atoms with Crippen LogP contribution >= 0.6 is 11.6 Å². The van der Waals surface area contributed by atoms with Gasteiger partial charge in [-0.05, 0) is 5.54 Å². The molecule has 1 aliphatic rings. The zero-order valence-electron chi connectivity index (χ0n) is 9.28. The van der Waals surface area contributed by atoms with Crippen molar-refractivity contribution in [3.05, 3.63) is 12.7 Å². The topological polar surface area (TPSA) is 0 Å². The first-order valence-electron chi connectivity index (χ1n) is 5.21. The summed E-state index contributed by atoms with van der Waals surface area (Å²) in [6.45, 7) is 10.9. The van der Waals surface area contributed by atoms with Gasteiger partial charge >= 0.3 is 0 Å². The second-order valence-corrected chi connectivity index (χ2v) is 10.3. The number of hydrogen-bond acceptors (Lipinski definition) is 0. The van der Waals surface area contributed by atoms with Crippen LogP contribution in [0.15, 0.2) is 12.7 Å². The first-order valence-corrected chi connectivity index (χ1v) is 9.03. The highest BCUT2D eigenvalue weighted by Crippen LogP contribution is 2.36. The van der Waals surface area contributed by atoms with Gasteiger partial charge in [0.25, 0.3) is 0 Å². The Kier molecular flexibility index (Phi) is 6.79. The lowest BCUT2D eigenvalue weighted by Crippen LogP contribution is -2.33. The lowest BCUT2D eigenvalue weighted by atomic mass is 10.2. The van der Waals surface area contributed by atoms with Crippen molar-refractivity contribution in [3.63, 3.8) is 0 Å². The van der Waals surface area contributed by atoms with Gasteiger partial charge < -0.3 is 0 Å². The van der Waals surface area contributed by atoms with E-state index in [0.717, 1.165) is 5.54 Å². The molecule has 1 unspecified atom stereocenters. The number of halogens is 1. The molecule has 0 N–H and O–H groups in total. The minimum Gasteiger partial charge on any atom is -0.122 e. The first kappa shape index (κ1) is 13.2. The van der Waals surface area contributed by atoms with Crippen LogP contribution in [0.1, 0.15) is 26.2 Å². The van der Waals surface area contributed by atoms with E-state index < -0.39 is 8.07 Å². The summed E-state index contributed by atoms with van der Waals surface area (Å²) >= 11 is 5.07. The summed E-state index contributed by atoms with van der Waals surface area (Å²) in [5.74, 6) is 0.556. The van der Waals surface area contributed by atoms with Gasteiger partial charge in [0.1, 0.15) is 0 Å². The summed E-state index contributed by atoms with van der Waals surface area (Å²) < 4.78 is 0. The maximum absolute atomic E-state index is 5.07. The number of allylic oxidation sites excluding steroid dienone is 1. The Hall–Kier alpha value is 0.247. The molecular formula is C11H23ClSi. The third-order valence-corrected chi connectivity index (χ3v) is 7.97. The van der Waals surface area contributed by atoms with Gasteiger partial charge in [0.15, 0.2) is 0 Å². The maximum Gasteiger partial charge on any atom is 0.0502 e. The highest BCUT2D eigenvalue weighted by molar-refractivity contribution is 6.78. The minimum absolute atomic E-state index is 0.556. The molecule has 0 bridgehead atoms. The second-order valence-electron chi connectivity index (χ2n) is 4.58. The Bertz CT molecular complexity index is 143. The van der Waals surface area contributed by atoms with Crippen LogP contribution in [-0.4, -0.2) is 14.0 Å². The van der Waals surface area contributed by atoms with Gasteiger partial charge in [-0.3, -0.25) is 0 Å². The molecule has 0 aromatic carbocycles. The van der Waals surface area contributed by atoms with Gasteiger partial charge in [0.05, 0.1) is 8.07 Å². The lowest BCUT2D eigenvalue weighted by molar-refractivity contribution is 0.635. The summed E-state index contributed by atoms with van der Waals surface area (Å²) in [4.78, 5) is 0. The molecule has 78 valence electrons. The molecule has 13 heavy (non-hydrogen) atoms. The normalized spacial score (nSPS) is 25.7. The van der Waals surface area contributed by atoms with Crippen molar-refractivity contribution in [2.45, 2.75) is 50.9 Å². The summed E-state index contributed by atoms with van der Waals surface area (Å²) in [6.07, 6.45) is 6.17. The SMILES string of the molecule is C=CCCl.CC1CCCC[Si]1(C)C. The maximum atomic E-state index is 5.07. The summed E-state index contributed by atoms with van der Waals surface area (Å²) in [7, 11) is -0.694. The number of hydrogen-bond donors (Lipinski definition) is 0. The fraction of sp³-hybridized carbons (Fsp3) is 0.818. The van der Waals surface area contributed by atoms with E-state index in [0.29, 0.717) is 5.88 Å². The summed E-state index contributed by atoms with van der Waals surface area (Å²) in [6, 6.07) is 1.58. The highest BCUT2D eigenvalue weighted by atomic mass is 35.5. The number of alkyl halides is 1. The summed E-state index contributed by atoms with van der Waals surface area (Å²) in [5.41, 5.74) is 1.09. The van der Waals surface area contributed by atoms with Crippen molar-refractivity contribution in [1.29, 1.82) is 0 Å². The van der Waals surface area contributed by atoms with E-state index in [9.17, 15) is 0 Å². The van der Waals surface area contributed by atoms with Crippen LogP contribution in [0.25, 0.3) is 0 Å². The van der Waals surface area contributed by atoms with Crippen LogP contribution in [0.4, 0.5) is 0 Å². The largest absolute Gasteiger partial charge is 0.122 e. The molecule has 2 heteroatoms. The van der Waals surface area contributed by atoms with Gasteiger partial charge in [-0.15, -0.1) is 18.2 Å². The Balaban J connectivity index is 0.000000310. The third kappa shape index (κ3) is 5.53. The van der Waals surface area contributed by atoms with Gasteiger partial charge in [0.2, 0.25) is 0 Å². The van der Waals surface area contributed by atoms with E-state index in [1.807, 2.05) is 0 Å². The molecule has 0 aromatic heterocycles. The molecule has 1 heterocycles. The van der Waals surface area contributed by atoms with Gasteiger partial charge in [0, 0.05) is 5.88 Å². The van der Waals surface area contributed by atoms with E-state index in [1.54, 1.807) is 12.1 Å². The van der Waals surface area contributed by atoms with Crippen molar-refractivity contribution in [3.8, 4) is 0 Å². The molecule has 0 aliphatic carbocycles. The van der Waals surface area contributed by atoms with Gasteiger partial charge in [-0.2, -0.15) is 0 Å². The standard InChI is InChI=1S/C8H18Si.C3H5Cl/c1-8-6-4-5-7-9(8,2)3;1-2-3-4/h8H,4-7H2,1-3H3;2H,1,3H2. The molecule has 0 nitrogen and oxygen atoms in total. The van der Waals surface area contributed by atoms with E-state index >= 15 is 0 Å². The van der Waals surface area contributed by atoms with Crippen LogP contribution in [0, 0.1) is 0 Å². The molecule has 1 rings (SSSR count). The molecule has 0 aromatic rings. The highest BCUT2D eigenvalue weighted by Gasteiger charge is 2.30. The summed E-state index contributed by atoms with van der Waals surface area (Å²) in [5, 5.41) is 0. The van der Waals surface area contributed by atoms with E-state index in [-0.39, 0.29) is 0 Å². The van der Waals surface area contributed by atoms with Crippen LogP contribution in [-0.2, 0) is 0 Å². The number of rotatable bonds is 1. The molecule has 0 saturated carbocycles. The molecule has 0 amide bonds. The van der Waals surface area contributed by atoms with E-state index in [1.165, 1.54) is 19.3 Å². The molecule has 1 fully saturated rings. The average Bonchev–Trinajstić information content (AvgIpc) is 2.11. The fourth-order valence-electron chi connectivity index (χ4n) is 1.67. The lowest BCUT2D eigenvalue weighted by Gasteiger charge is -2.34. The van der Waals surface area contributed by atoms with Crippen LogP contribution in [0.5, 0.6) is 0 Å². The molecular weight excluding hydrogens is 196 g/mol. The van der Waals surface area contributed by atoms with Gasteiger partial charge in [-0.1, -0.05) is 51.4 Å². The predicted octanol–water partition coefficient (Wildman–Crippen LogP) is 4.68.